The highest BCUT2D eigenvalue weighted by Crippen LogP contribution is 2.38. The zero-order chi connectivity index (χ0) is 28.0. The fraction of sp³-hybridized carbons (Fsp3) is 0.172. The van der Waals surface area contributed by atoms with Gasteiger partial charge < -0.3 is 24.0 Å². The molecule has 0 atom stereocenters. The number of aliphatic hydroxyl groups excluding tert-OH is 1. The summed E-state index contributed by atoms with van der Waals surface area (Å²) in [5.74, 6) is -0.579. The van der Waals surface area contributed by atoms with E-state index in [4.69, 9.17) is 14.3 Å². The molecule has 5 rings (SSSR count). The minimum Gasteiger partial charge on any atom is -0.453 e. The van der Waals surface area contributed by atoms with Gasteiger partial charge >= 0.3 is 0 Å². The molecule has 0 radical (unpaired) electrons. The minimum atomic E-state index is -3.80. The second-order valence-corrected chi connectivity index (χ2v) is 10.7. The van der Waals surface area contributed by atoms with Gasteiger partial charge in [-0.05, 0) is 41.8 Å². The van der Waals surface area contributed by atoms with Gasteiger partial charge in [0.1, 0.15) is 23.2 Å². The van der Waals surface area contributed by atoms with Crippen molar-refractivity contribution in [1.82, 2.24) is 9.97 Å². The molecule has 0 bridgehead atoms. The number of fused-ring (bicyclic) bond motifs is 1. The van der Waals surface area contributed by atoms with Crippen LogP contribution in [-0.2, 0) is 27.5 Å². The van der Waals surface area contributed by atoms with Gasteiger partial charge in [-0.25, -0.2) is 17.8 Å². The fourth-order valence-corrected chi connectivity index (χ4v) is 5.30. The molecule has 202 valence electrons. The minimum absolute atomic E-state index is 0.220. The number of hydrogen-bond donors (Lipinski definition) is 2. The molecule has 2 aromatic heterocycles. The molecule has 0 unspecified atom stereocenters. The van der Waals surface area contributed by atoms with Crippen LogP contribution in [0.25, 0.3) is 22.4 Å². The number of aldehydes is 1. The normalized spacial score (nSPS) is 11.2. The van der Waals surface area contributed by atoms with Gasteiger partial charge in [0.05, 0.1) is 5.69 Å². The largest absolute Gasteiger partial charge is 0.453 e. The van der Waals surface area contributed by atoms with Crippen molar-refractivity contribution in [2.24, 2.45) is 0 Å². The molecule has 0 spiro atoms. The van der Waals surface area contributed by atoms with Crippen LogP contribution in [0.4, 0.5) is 4.39 Å². The number of carbonyl (C=O) groups is 1. The Balaban J connectivity index is 0.00000172. The van der Waals surface area contributed by atoms with Crippen LogP contribution in [0.15, 0.2) is 82.4 Å². The highest BCUT2D eigenvalue weighted by Gasteiger charge is 2.24. The van der Waals surface area contributed by atoms with Crippen molar-refractivity contribution in [3.05, 3.63) is 95.8 Å². The van der Waals surface area contributed by atoms with Gasteiger partial charge in [0, 0.05) is 54.9 Å². The van der Waals surface area contributed by atoms with Crippen LogP contribution in [0.3, 0.4) is 0 Å². The predicted octanol–water partition coefficient (Wildman–Crippen LogP) is 5.49. The fourth-order valence-electron chi connectivity index (χ4n) is 4.25. The lowest BCUT2D eigenvalue weighted by atomic mass is 10.0. The number of carbonyl (C=O) groups excluding carboxylic acids is 1. The molecule has 0 fully saturated rings. The van der Waals surface area contributed by atoms with Crippen molar-refractivity contribution in [2.75, 3.05) is 13.4 Å². The maximum absolute atomic E-state index is 14.9. The van der Waals surface area contributed by atoms with Gasteiger partial charge in [0.2, 0.25) is 5.89 Å². The molecule has 10 heteroatoms. The third-order valence-corrected chi connectivity index (χ3v) is 7.02. The van der Waals surface area contributed by atoms with Crippen molar-refractivity contribution >= 4 is 27.0 Å². The summed E-state index contributed by atoms with van der Waals surface area (Å²) in [6, 6.07) is 17.4. The number of oxazole rings is 1. The first-order chi connectivity index (χ1) is 18.8. The van der Waals surface area contributed by atoms with Crippen molar-refractivity contribution < 1.29 is 31.9 Å². The number of rotatable bonds is 9. The van der Waals surface area contributed by atoms with E-state index in [-0.39, 0.29) is 16.4 Å². The molecule has 2 heterocycles. The lowest BCUT2D eigenvalue weighted by molar-refractivity contribution is -0.107. The molecule has 5 aromatic rings. The van der Waals surface area contributed by atoms with Crippen LogP contribution in [0.2, 0.25) is 0 Å². The van der Waals surface area contributed by atoms with Crippen LogP contribution in [-0.4, -0.2) is 43.1 Å². The smallest absolute Gasteiger partial charge is 0.226 e. The predicted molar refractivity (Wildman–Crippen MR) is 145 cm³/mol. The molecule has 39 heavy (non-hydrogen) atoms. The van der Waals surface area contributed by atoms with Gasteiger partial charge in [-0.3, -0.25) is 0 Å². The number of benzene rings is 3. The molecular weight excluding hydrogens is 523 g/mol. The van der Waals surface area contributed by atoms with E-state index >= 15 is 0 Å². The summed E-state index contributed by atoms with van der Waals surface area (Å²) >= 11 is 0. The number of nitrogens with zero attached hydrogens (tertiary/aromatic N) is 1. The zero-order valence-electron chi connectivity index (χ0n) is 21.3. The maximum Gasteiger partial charge on any atom is 0.226 e. The number of aromatic amines is 1. The third-order valence-electron chi connectivity index (χ3n) is 5.87. The van der Waals surface area contributed by atoms with E-state index in [0.29, 0.717) is 41.6 Å². The quantitative estimate of drug-likeness (QED) is 0.233. The summed E-state index contributed by atoms with van der Waals surface area (Å²) in [5.41, 5.74) is 3.80. The highest BCUT2D eigenvalue weighted by atomic mass is 32.2. The standard InChI is InChI=1S/C28H23FN2O5S.CH4O/c1-37(33,34)27-23-10-11-30-25(23)16-24(29)26(27)36-22-9-3-8-20(15-22)28-31-21(17-35-28)14-19-6-2-5-18(13-19)7-4-12-32;1-2/h2-3,5-6,8-13,15-17,30H,4,7,14H2,1H3;2H,1H3. The van der Waals surface area contributed by atoms with Crippen molar-refractivity contribution in [2.45, 2.75) is 24.2 Å². The Hall–Kier alpha value is -4.28. The van der Waals surface area contributed by atoms with E-state index in [1.54, 1.807) is 42.8 Å². The van der Waals surface area contributed by atoms with E-state index in [1.165, 1.54) is 6.07 Å². The number of aromatic nitrogens is 2. The molecule has 8 nitrogen and oxygen atoms in total. The monoisotopic (exact) mass is 550 g/mol. The number of nitrogens with one attached hydrogen (secondary N) is 1. The summed E-state index contributed by atoms with van der Waals surface area (Å²) in [6.07, 6.45) is 6.76. The molecule has 0 aliphatic heterocycles. The first-order valence-corrected chi connectivity index (χ1v) is 13.9. The average molecular weight is 551 g/mol. The molecule has 0 saturated heterocycles. The summed E-state index contributed by atoms with van der Waals surface area (Å²) in [4.78, 5) is 17.8. The zero-order valence-corrected chi connectivity index (χ0v) is 22.2. The summed E-state index contributed by atoms with van der Waals surface area (Å²) in [7, 11) is -2.80. The number of hydrogen-bond acceptors (Lipinski definition) is 7. The Morgan fingerprint density at radius 1 is 1.08 bits per heavy atom. The van der Waals surface area contributed by atoms with E-state index < -0.39 is 15.7 Å². The van der Waals surface area contributed by atoms with Crippen LogP contribution < -0.4 is 4.74 Å². The average Bonchev–Trinajstić information content (AvgIpc) is 3.58. The van der Waals surface area contributed by atoms with E-state index in [0.717, 1.165) is 36.5 Å². The Kier molecular flexibility index (Phi) is 8.58. The number of halogens is 1. The second kappa shape index (κ2) is 12.1. The lowest BCUT2D eigenvalue weighted by Crippen LogP contribution is -2.03. The van der Waals surface area contributed by atoms with Crippen LogP contribution in [0.1, 0.15) is 23.2 Å². The summed E-state index contributed by atoms with van der Waals surface area (Å²) in [6.45, 7) is 0. The van der Waals surface area contributed by atoms with Crippen molar-refractivity contribution in [3.63, 3.8) is 0 Å². The number of aliphatic hydroxyl groups is 1. The second-order valence-electron chi connectivity index (χ2n) is 8.70. The Morgan fingerprint density at radius 2 is 1.85 bits per heavy atom. The van der Waals surface area contributed by atoms with Crippen molar-refractivity contribution in [3.8, 4) is 23.0 Å². The third kappa shape index (κ3) is 6.42. The van der Waals surface area contributed by atoms with Crippen LogP contribution in [0, 0.1) is 5.82 Å². The van der Waals surface area contributed by atoms with Crippen LogP contribution in [0.5, 0.6) is 11.5 Å². The van der Waals surface area contributed by atoms with Gasteiger partial charge in [0.25, 0.3) is 0 Å². The topological polar surface area (TPSA) is 122 Å². The molecule has 0 aliphatic rings. The van der Waals surface area contributed by atoms with Crippen LogP contribution >= 0.6 is 0 Å². The number of aryl methyl sites for hydroxylation is 1. The Morgan fingerprint density at radius 3 is 2.62 bits per heavy atom. The molecule has 0 saturated carbocycles. The van der Waals surface area contributed by atoms with Gasteiger partial charge in [-0.1, -0.05) is 30.3 Å². The van der Waals surface area contributed by atoms with Crippen molar-refractivity contribution in [1.29, 1.82) is 0 Å². The number of sulfone groups is 1. The molecular formula is C29H27FN2O6S. The van der Waals surface area contributed by atoms with E-state index in [9.17, 15) is 17.6 Å². The molecule has 3 aromatic carbocycles. The molecule has 0 aliphatic carbocycles. The van der Waals surface area contributed by atoms with Gasteiger partial charge in [-0.2, -0.15) is 0 Å². The first-order valence-electron chi connectivity index (χ1n) is 12.0. The summed E-state index contributed by atoms with van der Waals surface area (Å²) in [5, 5.41) is 7.35. The van der Waals surface area contributed by atoms with E-state index in [2.05, 4.69) is 9.97 Å². The number of H-pyrrole nitrogens is 1. The Labute approximate surface area is 225 Å². The SMILES string of the molecule is CO.CS(=O)(=O)c1c(Oc2cccc(-c3nc(Cc4cccc(CCC=O)c4)co3)c2)c(F)cc2[nH]ccc12. The Bertz CT molecular complexity index is 1710. The maximum atomic E-state index is 14.9. The summed E-state index contributed by atoms with van der Waals surface area (Å²) < 4.78 is 51.5. The van der Waals surface area contributed by atoms with Gasteiger partial charge in [0.15, 0.2) is 21.4 Å². The number of ether oxygens (including phenoxy) is 1. The van der Waals surface area contributed by atoms with E-state index in [1.807, 2.05) is 24.3 Å². The highest BCUT2D eigenvalue weighted by molar-refractivity contribution is 7.91. The first kappa shape index (κ1) is 27.7. The molecule has 0 amide bonds. The molecule has 2 N–H and O–H groups in total. The lowest BCUT2D eigenvalue weighted by Gasteiger charge is -2.13. The van der Waals surface area contributed by atoms with Gasteiger partial charge in [-0.15, -0.1) is 0 Å².